The number of aliphatic hydroxyl groups excluding tert-OH is 4. The number of aliphatic hydroxyl groups is 4. The monoisotopic (exact) mass is 416 g/mol. The number of thiophene rings is 1. The van der Waals surface area contributed by atoms with Crippen LogP contribution in [0, 0.1) is 0 Å². The maximum atomic E-state index is 10.3. The summed E-state index contributed by atoms with van der Waals surface area (Å²) in [4.78, 5) is 0. The van der Waals surface area contributed by atoms with E-state index in [0.717, 1.165) is 28.5 Å². The van der Waals surface area contributed by atoms with Crippen molar-refractivity contribution in [2.45, 2.75) is 43.5 Å². The lowest BCUT2D eigenvalue weighted by Gasteiger charge is -2.39. The minimum absolute atomic E-state index is 0.490. The summed E-state index contributed by atoms with van der Waals surface area (Å²) in [7, 11) is 0. The molecule has 2 heterocycles. The Morgan fingerprint density at radius 1 is 0.897 bits per heavy atom. The Balaban J connectivity index is 1.58. The number of hydrogen-bond donors (Lipinski definition) is 4. The van der Waals surface area contributed by atoms with Crippen molar-refractivity contribution in [3.63, 3.8) is 0 Å². The highest BCUT2D eigenvalue weighted by Crippen LogP contribution is 2.36. The molecule has 0 spiro atoms. The quantitative estimate of drug-likeness (QED) is 0.490. The Hall–Kier alpha value is -2.00. The van der Waals surface area contributed by atoms with Crippen molar-refractivity contribution in [2.75, 3.05) is 6.61 Å². The van der Waals surface area contributed by atoms with Crippen LogP contribution in [0.2, 0.25) is 0 Å². The van der Waals surface area contributed by atoms with E-state index in [1.807, 2.05) is 30.3 Å². The second kappa shape index (κ2) is 8.79. The second-order valence-electron chi connectivity index (χ2n) is 7.19. The lowest BCUT2D eigenvalue weighted by atomic mass is 9.99. The first-order chi connectivity index (χ1) is 14.1. The van der Waals surface area contributed by atoms with Gasteiger partial charge in [0.15, 0.2) is 0 Å². The van der Waals surface area contributed by atoms with E-state index in [2.05, 4.69) is 17.5 Å². The van der Waals surface area contributed by atoms with E-state index in [-0.39, 0.29) is 0 Å². The number of fused-ring (bicyclic) bond motifs is 1. The van der Waals surface area contributed by atoms with Crippen molar-refractivity contribution in [1.82, 2.24) is 0 Å². The standard InChI is InChI=1S/C22H24O6S/c23-11-16-19(24)20(25)21(26)22(28-16)27-15-7-4-8-17-18(15)14(12-29-17)10-9-13-5-2-1-3-6-13/h1-8,12,16,19-26H,9-11H2/t16-,19-,20+,21-,22-/m1/s1. The average molecular weight is 416 g/mol. The predicted molar refractivity (Wildman–Crippen MR) is 110 cm³/mol. The number of hydrogen-bond acceptors (Lipinski definition) is 7. The van der Waals surface area contributed by atoms with Gasteiger partial charge in [-0.2, -0.15) is 0 Å². The number of aryl methyl sites for hydroxylation is 2. The molecule has 1 saturated heterocycles. The maximum absolute atomic E-state index is 10.3. The molecule has 4 rings (SSSR count). The van der Waals surface area contributed by atoms with Crippen LogP contribution in [0.5, 0.6) is 5.75 Å². The Kier molecular flexibility index (Phi) is 6.15. The lowest BCUT2D eigenvalue weighted by Crippen LogP contribution is -2.60. The molecule has 154 valence electrons. The summed E-state index contributed by atoms with van der Waals surface area (Å²) in [6.45, 7) is -0.490. The van der Waals surface area contributed by atoms with E-state index in [1.165, 1.54) is 5.56 Å². The van der Waals surface area contributed by atoms with Crippen LogP contribution in [0.4, 0.5) is 0 Å². The second-order valence-corrected chi connectivity index (χ2v) is 8.10. The molecule has 1 fully saturated rings. The van der Waals surface area contributed by atoms with Gasteiger partial charge < -0.3 is 29.9 Å². The van der Waals surface area contributed by atoms with Gasteiger partial charge in [-0.25, -0.2) is 0 Å². The summed E-state index contributed by atoms with van der Waals surface area (Å²) in [5.41, 5.74) is 2.38. The SMILES string of the molecule is OC[C@H]1O[C@@H](Oc2cccc3scc(CCc4ccccc4)c23)[C@H](O)[C@@H](O)[C@@H]1O. The fraction of sp³-hybridized carbons (Fsp3) is 0.364. The van der Waals surface area contributed by atoms with Crippen LogP contribution in [0.25, 0.3) is 10.1 Å². The minimum Gasteiger partial charge on any atom is -0.461 e. The molecule has 1 aromatic heterocycles. The number of ether oxygens (including phenoxy) is 2. The van der Waals surface area contributed by atoms with Crippen LogP contribution >= 0.6 is 11.3 Å². The van der Waals surface area contributed by atoms with Gasteiger partial charge in [-0.1, -0.05) is 36.4 Å². The topological polar surface area (TPSA) is 99.4 Å². The van der Waals surface area contributed by atoms with Crippen LogP contribution in [-0.2, 0) is 17.6 Å². The molecule has 4 N–H and O–H groups in total. The minimum atomic E-state index is -1.47. The molecule has 0 bridgehead atoms. The Labute approximate surface area is 172 Å². The summed E-state index contributed by atoms with van der Waals surface area (Å²) in [6, 6.07) is 15.9. The molecule has 6 nitrogen and oxygen atoms in total. The average Bonchev–Trinajstić information content (AvgIpc) is 3.17. The van der Waals surface area contributed by atoms with E-state index in [0.29, 0.717) is 5.75 Å². The first kappa shape index (κ1) is 20.3. The van der Waals surface area contributed by atoms with Crippen LogP contribution in [0.1, 0.15) is 11.1 Å². The molecule has 5 atom stereocenters. The molecule has 0 unspecified atom stereocenters. The van der Waals surface area contributed by atoms with Gasteiger partial charge in [-0.15, -0.1) is 11.3 Å². The zero-order valence-corrected chi connectivity index (χ0v) is 16.5. The molecule has 3 aromatic rings. The number of rotatable bonds is 6. The molecular formula is C22H24O6S. The van der Waals surface area contributed by atoms with E-state index in [1.54, 1.807) is 17.4 Å². The molecule has 1 aliphatic heterocycles. The molecule has 2 aromatic carbocycles. The van der Waals surface area contributed by atoms with Crippen molar-refractivity contribution in [2.24, 2.45) is 0 Å². The summed E-state index contributed by atoms with van der Waals surface area (Å²) < 4.78 is 12.5. The number of benzene rings is 2. The van der Waals surface area contributed by atoms with E-state index in [4.69, 9.17) is 9.47 Å². The highest BCUT2D eigenvalue weighted by Gasteiger charge is 2.44. The predicted octanol–water partition coefficient (Wildman–Crippen LogP) is 1.87. The largest absolute Gasteiger partial charge is 0.461 e. The third-order valence-electron chi connectivity index (χ3n) is 5.25. The third-order valence-corrected chi connectivity index (χ3v) is 6.25. The normalized spacial score (nSPS) is 27.2. The van der Waals surface area contributed by atoms with Crippen LogP contribution in [-0.4, -0.2) is 57.7 Å². The van der Waals surface area contributed by atoms with Crippen LogP contribution in [0.15, 0.2) is 53.9 Å². The lowest BCUT2D eigenvalue weighted by molar-refractivity contribution is -0.277. The van der Waals surface area contributed by atoms with Crippen LogP contribution < -0.4 is 4.74 Å². The van der Waals surface area contributed by atoms with Crippen molar-refractivity contribution in [3.8, 4) is 5.75 Å². The van der Waals surface area contributed by atoms with Gasteiger partial charge in [0.25, 0.3) is 0 Å². The Morgan fingerprint density at radius 2 is 1.69 bits per heavy atom. The molecule has 0 saturated carbocycles. The van der Waals surface area contributed by atoms with Gasteiger partial charge in [-0.3, -0.25) is 0 Å². The van der Waals surface area contributed by atoms with Crippen molar-refractivity contribution in [1.29, 1.82) is 0 Å². The molecule has 0 radical (unpaired) electrons. The zero-order valence-electron chi connectivity index (χ0n) is 15.7. The first-order valence-corrected chi connectivity index (χ1v) is 10.5. The van der Waals surface area contributed by atoms with Crippen molar-refractivity contribution in [3.05, 3.63) is 65.0 Å². The van der Waals surface area contributed by atoms with Crippen LogP contribution in [0.3, 0.4) is 0 Å². The fourth-order valence-corrected chi connectivity index (χ4v) is 4.63. The zero-order chi connectivity index (χ0) is 20.4. The maximum Gasteiger partial charge on any atom is 0.229 e. The van der Waals surface area contributed by atoms with Gasteiger partial charge in [0.2, 0.25) is 6.29 Å². The summed E-state index contributed by atoms with van der Waals surface area (Å²) in [5.74, 6) is 0.538. The summed E-state index contributed by atoms with van der Waals surface area (Å²) in [5, 5.41) is 42.7. The summed E-state index contributed by atoms with van der Waals surface area (Å²) >= 11 is 1.62. The van der Waals surface area contributed by atoms with Gasteiger partial charge >= 0.3 is 0 Å². The fourth-order valence-electron chi connectivity index (χ4n) is 3.61. The molecule has 0 amide bonds. The van der Waals surface area contributed by atoms with E-state index in [9.17, 15) is 20.4 Å². The molecule has 0 aliphatic carbocycles. The third kappa shape index (κ3) is 4.16. The Morgan fingerprint density at radius 3 is 2.45 bits per heavy atom. The summed E-state index contributed by atoms with van der Waals surface area (Å²) in [6.07, 6.45) is -4.79. The molecular weight excluding hydrogens is 392 g/mol. The van der Waals surface area contributed by atoms with Crippen molar-refractivity contribution >= 4 is 21.4 Å². The molecule has 7 heteroatoms. The molecule has 29 heavy (non-hydrogen) atoms. The highest BCUT2D eigenvalue weighted by molar-refractivity contribution is 7.17. The van der Waals surface area contributed by atoms with Gasteiger partial charge in [0.05, 0.1) is 6.61 Å². The van der Waals surface area contributed by atoms with Gasteiger partial charge in [0.1, 0.15) is 30.2 Å². The Bertz CT molecular complexity index is 941. The smallest absolute Gasteiger partial charge is 0.229 e. The van der Waals surface area contributed by atoms with Gasteiger partial charge in [0, 0.05) is 10.1 Å². The van der Waals surface area contributed by atoms with E-state index >= 15 is 0 Å². The molecule has 1 aliphatic rings. The van der Waals surface area contributed by atoms with Crippen molar-refractivity contribution < 1.29 is 29.9 Å². The highest BCUT2D eigenvalue weighted by atomic mass is 32.1. The first-order valence-electron chi connectivity index (χ1n) is 9.58. The van der Waals surface area contributed by atoms with Gasteiger partial charge in [-0.05, 0) is 41.5 Å². The van der Waals surface area contributed by atoms with E-state index < -0.39 is 37.3 Å².